The molecule has 2 aromatic carbocycles. The molecule has 1 unspecified atom stereocenters. The summed E-state index contributed by atoms with van der Waals surface area (Å²) in [6.07, 6.45) is 0. The summed E-state index contributed by atoms with van der Waals surface area (Å²) < 4.78 is 36.1. The molecule has 0 amide bonds. The summed E-state index contributed by atoms with van der Waals surface area (Å²) in [7, 11) is -3.62. The van der Waals surface area contributed by atoms with Crippen LogP contribution in [0.2, 0.25) is 5.02 Å². The predicted octanol–water partition coefficient (Wildman–Crippen LogP) is 2.54. The molecule has 0 fully saturated rings. The smallest absolute Gasteiger partial charge is 0.231 e. The number of fused-ring (bicyclic) bond motifs is 1. The first-order chi connectivity index (χ1) is 10.5. The number of ether oxygens (including phenoxy) is 2. The van der Waals surface area contributed by atoms with Crippen molar-refractivity contribution in [1.29, 1.82) is 0 Å². The van der Waals surface area contributed by atoms with E-state index in [-0.39, 0.29) is 18.2 Å². The summed E-state index contributed by atoms with van der Waals surface area (Å²) in [6, 6.07) is 11.1. The molecule has 0 saturated heterocycles. The number of sulfone groups is 1. The maximum atomic E-state index is 12.8. The lowest BCUT2D eigenvalue weighted by Crippen LogP contribution is -2.22. The summed E-state index contributed by atoms with van der Waals surface area (Å²) in [5.74, 6) is 1.13. The van der Waals surface area contributed by atoms with Gasteiger partial charge in [0, 0.05) is 11.6 Å². The Morgan fingerprint density at radius 2 is 1.77 bits per heavy atom. The van der Waals surface area contributed by atoms with Gasteiger partial charge in [-0.25, -0.2) is 8.42 Å². The third-order valence-corrected chi connectivity index (χ3v) is 5.89. The average Bonchev–Trinajstić information content (AvgIpc) is 2.96. The molecular weight excluding hydrogens is 326 g/mol. The van der Waals surface area contributed by atoms with Crippen molar-refractivity contribution >= 4 is 21.4 Å². The molecule has 2 aromatic rings. The minimum atomic E-state index is -3.62. The molecule has 0 aromatic heterocycles. The van der Waals surface area contributed by atoms with Crippen LogP contribution >= 0.6 is 11.6 Å². The van der Waals surface area contributed by atoms with Crippen LogP contribution in [0.25, 0.3) is 0 Å². The molecule has 7 heteroatoms. The predicted molar refractivity (Wildman–Crippen MR) is 83.0 cm³/mol. The highest BCUT2D eigenvalue weighted by molar-refractivity contribution is 7.91. The van der Waals surface area contributed by atoms with E-state index >= 15 is 0 Å². The molecule has 1 aliphatic rings. The first-order valence-electron chi connectivity index (χ1n) is 6.61. The van der Waals surface area contributed by atoms with Crippen LogP contribution in [-0.2, 0) is 9.84 Å². The Balaban J connectivity index is 2.01. The maximum absolute atomic E-state index is 12.8. The SMILES string of the molecule is NCC(c1ccc2c(c1)OCO2)S(=O)(=O)c1ccc(Cl)cc1. The minimum Gasteiger partial charge on any atom is -0.454 e. The van der Waals surface area contributed by atoms with Crippen molar-refractivity contribution in [2.45, 2.75) is 10.1 Å². The zero-order valence-electron chi connectivity index (χ0n) is 11.5. The monoisotopic (exact) mass is 339 g/mol. The zero-order valence-corrected chi connectivity index (χ0v) is 13.1. The lowest BCUT2D eigenvalue weighted by atomic mass is 10.1. The molecule has 0 bridgehead atoms. The lowest BCUT2D eigenvalue weighted by molar-refractivity contribution is 0.174. The van der Waals surface area contributed by atoms with Crippen LogP contribution in [0.3, 0.4) is 0 Å². The van der Waals surface area contributed by atoms with E-state index in [1.165, 1.54) is 12.1 Å². The fourth-order valence-corrected chi connectivity index (χ4v) is 4.07. The van der Waals surface area contributed by atoms with Gasteiger partial charge in [0.05, 0.1) is 4.90 Å². The molecule has 0 radical (unpaired) electrons. The Bertz CT molecular complexity index is 790. The Morgan fingerprint density at radius 1 is 1.09 bits per heavy atom. The van der Waals surface area contributed by atoms with Gasteiger partial charge in [-0.1, -0.05) is 17.7 Å². The van der Waals surface area contributed by atoms with Crippen LogP contribution in [0.1, 0.15) is 10.8 Å². The molecule has 1 aliphatic heterocycles. The van der Waals surface area contributed by atoms with Gasteiger partial charge in [-0.3, -0.25) is 0 Å². The van der Waals surface area contributed by atoms with Crippen molar-refractivity contribution < 1.29 is 17.9 Å². The van der Waals surface area contributed by atoms with E-state index in [1.807, 2.05) is 0 Å². The highest BCUT2D eigenvalue weighted by atomic mass is 35.5. The van der Waals surface area contributed by atoms with Gasteiger partial charge in [0.25, 0.3) is 0 Å². The van der Waals surface area contributed by atoms with Crippen LogP contribution < -0.4 is 15.2 Å². The molecule has 5 nitrogen and oxygen atoms in total. The van der Waals surface area contributed by atoms with Gasteiger partial charge in [0.2, 0.25) is 6.79 Å². The van der Waals surface area contributed by atoms with Crippen LogP contribution in [0.4, 0.5) is 0 Å². The van der Waals surface area contributed by atoms with Gasteiger partial charge in [-0.05, 0) is 42.0 Å². The number of halogens is 1. The van der Waals surface area contributed by atoms with Crippen LogP contribution in [0.5, 0.6) is 11.5 Å². The molecule has 116 valence electrons. The highest BCUT2D eigenvalue weighted by Gasteiger charge is 2.29. The van der Waals surface area contributed by atoms with Crippen molar-refractivity contribution in [1.82, 2.24) is 0 Å². The van der Waals surface area contributed by atoms with Crippen molar-refractivity contribution in [3.63, 3.8) is 0 Å². The van der Waals surface area contributed by atoms with Crippen LogP contribution in [0, 0.1) is 0 Å². The molecule has 3 rings (SSSR count). The third kappa shape index (κ3) is 2.65. The normalized spacial score (nSPS) is 14.8. The third-order valence-electron chi connectivity index (χ3n) is 3.50. The van der Waals surface area contributed by atoms with Gasteiger partial charge < -0.3 is 15.2 Å². The van der Waals surface area contributed by atoms with Crippen molar-refractivity contribution in [3.05, 3.63) is 53.1 Å². The fourth-order valence-electron chi connectivity index (χ4n) is 2.34. The van der Waals surface area contributed by atoms with E-state index < -0.39 is 15.1 Å². The largest absolute Gasteiger partial charge is 0.454 e. The molecule has 0 aliphatic carbocycles. The van der Waals surface area contributed by atoms with Crippen molar-refractivity contribution in [3.8, 4) is 11.5 Å². The second kappa shape index (κ2) is 5.79. The quantitative estimate of drug-likeness (QED) is 0.926. The van der Waals surface area contributed by atoms with Gasteiger partial charge in [-0.15, -0.1) is 0 Å². The summed E-state index contributed by atoms with van der Waals surface area (Å²) in [5, 5.41) is -0.380. The Kier molecular flexibility index (Phi) is 3.99. The fraction of sp³-hybridized carbons (Fsp3) is 0.200. The van der Waals surface area contributed by atoms with Gasteiger partial charge in [0.1, 0.15) is 5.25 Å². The molecule has 0 spiro atoms. The number of benzene rings is 2. The van der Waals surface area contributed by atoms with E-state index in [9.17, 15) is 8.42 Å². The van der Waals surface area contributed by atoms with Gasteiger partial charge in [-0.2, -0.15) is 0 Å². The van der Waals surface area contributed by atoms with Gasteiger partial charge in [0.15, 0.2) is 21.3 Å². The van der Waals surface area contributed by atoms with Crippen molar-refractivity contribution in [2.24, 2.45) is 5.73 Å². The van der Waals surface area contributed by atoms with Gasteiger partial charge >= 0.3 is 0 Å². The minimum absolute atomic E-state index is 0.0371. The second-order valence-electron chi connectivity index (χ2n) is 4.84. The van der Waals surface area contributed by atoms with E-state index in [4.69, 9.17) is 26.8 Å². The number of hydrogen-bond donors (Lipinski definition) is 1. The van der Waals surface area contributed by atoms with E-state index in [2.05, 4.69) is 0 Å². The first kappa shape index (κ1) is 15.1. The molecule has 0 saturated carbocycles. The molecule has 1 heterocycles. The van der Waals surface area contributed by atoms with Crippen molar-refractivity contribution in [2.75, 3.05) is 13.3 Å². The van der Waals surface area contributed by atoms with Crippen LogP contribution in [0.15, 0.2) is 47.4 Å². The zero-order chi connectivity index (χ0) is 15.7. The molecule has 2 N–H and O–H groups in total. The molecular formula is C15H14ClNO4S. The molecule has 22 heavy (non-hydrogen) atoms. The standard InChI is InChI=1S/C15H14ClNO4S/c16-11-2-4-12(5-3-11)22(18,19)15(8-17)10-1-6-13-14(7-10)21-9-20-13/h1-7,15H,8-9,17H2. The number of hydrogen-bond acceptors (Lipinski definition) is 5. The maximum Gasteiger partial charge on any atom is 0.231 e. The topological polar surface area (TPSA) is 78.6 Å². The average molecular weight is 340 g/mol. The van der Waals surface area contributed by atoms with Crippen LogP contribution in [-0.4, -0.2) is 21.8 Å². The second-order valence-corrected chi connectivity index (χ2v) is 7.40. The summed E-state index contributed by atoms with van der Waals surface area (Å²) in [4.78, 5) is 0.185. The van der Waals surface area contributed by atoms with E-state index in [0.29, 0.717) is 22.1 Å². The number of rotatable bonds is 4. The van der Waals surface area contributed by atoms with E-state index in [0.717, 1.165) is 0 Å². The highest BCUT2D eigenvalue weighted by Crippen LogP contribution is 2.37. The lowest BCUT2D eigenvalue weighted by Gasteiger charge is -2.17. The van der Waals surface area contributed by atoms with E-state index in [1.54, 1.807) is 30.3 Å². The summed E-state index contributed by atoms with van der Waals surface area (Å²) in [6.45, 7) is 0.0978. The molecule has 1 atom stereocenters. The summed E-state index contributed by atoms with van der Waals surface area (Å²) in [5.41, 5.74) is 6.30. The first-order valence-corrected chi connectivity index (χ1v) is 8.54. The Morgan fingerprint density at radius 3 is 2.45 bits per heavy atom. The summed E-state index contributed by atoms with van der Waals surface area (Å²) >= 11 is 5.81. The number of nitrogens with two attached hydrogens (primary N) is 1. The Labute approximate surface area is 133 Å². The Hall–Kier alpha value is -1.76.